The number of anilines is 1. The third-order valence-corrected chi connectivity index (χ3v) is 7.14. The molecule has 0 unspecified atom stereocenters. The molecule has 2 aromatic heterocycles. The smallest absolute Gasteiger partial charge is 0.267 e. The summed E-state index contributed by atoms with van der Waals surface area (Å²) in [5, 5.41) is 10.1. The van der Waals surface area contributed by atoms with Crippen molar-refractivity contribution in [3.63, 3.8) is 0 Å². The second-order valence-electron chi connectivity index (χ2n) is 7.21. The van der Waals surface area contributed by atoms with Crippen LogP contribution in [0.4, 0.5) is 5.82 Å². The van der Waals surface area contributed by atoms with Gasteiger partial charge in [0.05, 0.1) is 10.5 Å². The topological polar surface area (TPSA) is 95.5 Å². The Balaban J connectivity index is 1.94. The Morgan fingerprint density at radius 3 is 2.48 bits per heavy atom. The first-order chi connectivity index (χ1) is 14.9. The van der Waals surface area contributed by atoms with Crippen molar-refractivity contribution in [2.45, 2.75) is 24.2 Å². The van der Waals surface area contributed by atoms with Crippen LogP contribution in [0.3, 0.4) is 0 Å². The highest BCUT2D eigenvalue weighted by atomic mass is 35.5. The maximum Gasteiger partial charge on any atom is 0.267 e. The minimum Gasteiger partial charge on any atom is -0.356 e. The van der Waals surface area contributed by atoms with Crippen LogP contribution in [0.5, 0.6) is 0 Å². The van der Waals surface area contributed by atoms with Gasteiger partial charge in [-0.2, -0.15) is 5.26 Å². The van der Waals surface area contributed by atoms with E-state index in [2.05, 4.69) is 4.98 Å². The van der Waals surface area contributed by atoms with Gasteiger partial charge in [0.1, 0.15) is 22.4 Å². The van der Waals surface area contributed by atoms with E-state index in [0.29, 0.717) is 29.6 Å². The molecule has 158 valence electrons. The average Bonchev–Trinajstić information content (AvgIpc) is 2.79. The van der Waals surface area contributed by atoms with E-state index in [-0.39, 0.29) is 10.5 Å². The molecular weight excluding hydrogens is 436 g/mol. The van der Waals surface area contributed by atoms with Crippen molar-refractivity contribution >= 4 is 39.0 Å². The number of pyridine rings is 1. The van der Waals surface area contributed by atoms with Crippen molar-refractivity contribution in [3.8, 4) is 6.07 Å². The lowest BCUT2D eigenvalue weighted by molar-refractivity contribution is 0.573. The lowest BCUT2D eigenvalue weighted by Crippen LogP contribution is -2.33. The van der Waals surface area contributed by atoms with Gasteiger partial charge in [0, 0.05) is 24.3 Å². The summed E-state index contributed by atoms with van der Waals surface area (Å²) < 4.78 is 27.5. The van der Waals surface area contributed by atoms with Crippen LogP contribution in [0.2, 0.25) is 5.02 Å². The van der Waals surface area contributed by atoms with Crippen LogP contribution in [-0.4, -0.2) is 30.9 Å². The summed E-state index contributed by atoms with van der Waals surface area (Å²) in [5.41, 5.74) is 0.120. The van der Waals surface area contributed by atoms with Gasteiger partial charge in [-0.3, -0.25) is 9.20 Å². The average molecular weight is 455 g/mol. The standard InChI is InChI=1S/C22H19ClN4O3S/c23-16-7-9-17(10-8-16)31(29,30)18(15-24)14-19-21(26-11-3-1-4-12-26)25-20-6-2-5-13-27(20)22(19)28/h2,5-10,13-14H,1,3-4,11-12H2/b18-14-. The summed E-state index contributed by atoms with van der Waals surface area (Å²) in [7, 11) is -4.14. The molecule has 0 saturated carbocycles. The molecule has 1 aliphatic heterocycles. The summed E-state index contributed by atoms with van der Waals surface area (Å²) in [6.45, 7) is 1.42. The largest absolute Gasteiger partial charge is 0.356 e. The minimum absolute atomic E-state index is 0.0712. The van der Waals surface area contributed by atoms with Crippen LogP contribution in [0.1, 0.15) is 24.8 Å². The van der Waals surface area contributed by atoms with E-state index < -0.39 is 20.3 Å². The quantitative estimate of drug-likeness (QED) is 0.558. The highest BCUT2D eigenvalue weighted by molar-refractivity contribution is 7.95. The minimum atomic E-state index is -4.14. The molecular formula is C22H19ClN4O3S. The lowest BCUT2D eigenvalue weighted by Gasteiger charge is -2.29. The molecule has 4 rings (SSSR count). The van der Waals surface area contributed by atoms with Gasteiger partial charge in [-0.15, -0.1) is 0 Å². The van der Waals surface area contributed by atoms with E-state index >= 15 is 0 Å². The fourth-order valence-electron chi connectivity index (χ4n) is 3.61. The number of rotatable bonds is 4. The first kappa shape index (κ1) is 21.1. The zero-order chi connectivity index (χ0) is 22.0. The number of allylic oxidation sites excluding steroid dienone is 1. The van der Waals surface area contributed by atoms with E-state index in [9.17, 15) is 18.5 Å². The number of halogens is 1. The fraction of sp³-hybridized carbons (Fsp3) is 0.227. The maximum absolute atomic E-state index is 13.3. The number of aromatic nitrogens is 2. The summed E-state index contributed by atoms with van der Waals surface area (Å²) in [6.07, 6.45) is 5.70. The highest BCUT2D eigenvalue weighted by Crippen LogP contribution is 2.26. The second kappa shape index (κ2) is 8.53. The van der Waals surface area contributed by atoms with Crippen LogP contribution >= 0.6 is 11.6 Å². The van der Waals surface area contributed by atoms with Crippen molar-refractivity contribution in [2.24, 2.45) is 0 Å². The Labute approximate surface area is 184 Å². The van der Waals surface area contributed by atoms with Crippen molar-refractivity contribution < 1.29 is 8.42 Å². The van der Waals surface area contributed by atoms with Gasteiger partial charge in [0.2, 0.25) is 9.84 Å². The molecule has 1 aliphatic rings. The number of sulfone groups is 1. The molecule has 0 amide bonds. The molecule has 0 atom stereocenters. The molecule has 0 spiro atoms. The van der Waals surface area contributed by atoms with Crippen molar-refractivity contribution in [1.29, 1.82) is 5.26 Å². The van der Waals surface area contributed by atoms with Crippen LogP contribution in [0.15, 0.2) is 63.3 Å². The predicted octanol–water partition coefficient (Wildman–Crippen LogP) is 3.68. The number of nitriles is 1. The summed E-state index contributed by atoms with van der Waals surface area (Å²) in [6, 6.07) is 12.5. The Kier molecular flexibility index (Phi) is 5.81. The van der Waals surface area contributed by atoms with Crippen molar-refractivity contribution in [1.82, 2.24) is 9.38 Å². The fourth-order valence-corrected chi connectivity index (χ4v) is 4.87. The monoisotopic (exact) mass is 454 g/mol. The van der Waals surface area contributed by atoms with E-state index in [1.165, 1.54) is 28.7 Å². The Morgan fingerprint density at radius 2 is 1.81 bits per heavy atom. The number of hydrogen-bond donors (Lipinski definition) is 0. The van der Waals surface area contributed by atoms with Crippen LogP contribution in [-0.2, 0) is 9.84 Å². The van der Waals surface area contributed by atoms with Gasteiger partial charge < -0.3 is 4.90 Å². The summed E-state index contributed by atoms with van der Waals surface area (Å²) in [4.78, 5) is 19.3. The number of piperidine rings is 1. The molecule has 1 saturated heterocycles. The zero-order valence-electron chi connectivity index (χ0n) is 16.5. The highest BCUT2D eigenvalue weighted by Gasteiger charge is 2.25. The SMILES string of the molecule is N#C/C(=C/c1c(N2CCCCC2)nc2ccccn2c1=O)S(=O)(=O)c1ccc(Cl)cc1. The number of nitrogens with zero attached hydrogens (tertiary/aromatic N) is 4. The second-order valence-corrected chi connectivity index (χ2v) is 9.56. The van der Waals surface area contributed by atoms with Gasteiger partial charge in [-0.25, -0.2) is 13.4 Å². The van der Waals surface area contributed by atoms with Crippen LogP contribution < -0.4 is 10.5 Å². The van der Waals surface area contributed by atoms with E-state index in [0.717, 1.165) is 25.3 Å². The molecule has 3 heterocycles. The van der Waals surface area contributed by atoms with Crippen LogP contribution in [0, 0.1) is 11.3 Å². The Hall–Kier alpha value is -3.15. The first-order valence-corrected chi connectivity index (χ1v) is 11.7. The normalized spacial score (nSPS) is 15.1. The predicted molar refractivity (Wildman–Crippen MR) is 120 cm³/mol. The third kappa shape index (κ3) is 4.07. The van der Waals surface area contributed by atoms with Gasteiger partial charge in [-0.1, -0.05) is 17.7 Å². The van der Waals surface area contributed by atoms with Gasteiger partial charge in [0.25, 0.3) is 5.56 Å². The molecule has 0 bridgehead atoms. The molecule has 1 fully saturated rings. The zero-order valence-corrected chi connectivity index (χ0v) is 18.1. The van der Waals surface area contributed by atoms with Crippen molar-refractivity contribution in [2.75, 3.05) is 18.0 Å². The summed E-state index contributed by atoms with van der Waals surface area (Å²) in [5.74, 6) is 0.398. The van der Waals surface area contributed by atoms with E-state index in [1.807, 2.05) is 4.90 Å². The molecule has 0 N–H and O–H groups in total. The molecule has 0 radical (unpaired) electrons. The van der Waals surface area contributed by atoms with Gasteiger partial charge >= 0.3 is 0 Å². The molecule has 7 nitrogen and oxygen atoms in total. The molecule has 3 aromatic rings. The lowest BCUT2D eigenvalue weighted by atomic mass is 10.1. The van der Waals surface area contributed by atoms with Gasteiger partial charge in [0.15, 0.2) is 0 Å². The maximum atomic E-state index is 13.3. The van der Waals surface area contributed by atoms with Gasteiger partial charge in [-0.05, 0) is 61.7 Å². The summed E-state index contributed by atoms with van der Waals surface area (Å²) >= 11 is 5.86. The molecule has 1 aromatic carbocycles. The number of fused-ring (bicyclic) bond motifs is 1. The van der Waals surface area contributed by atoms with Crippen molar-refractivity contribution in [3.05, 3.63) is 74.5 Å². The third-order valence-electron chi connectivity index (χ3n) is 5.20. The Bertz CT molecular complexity index is 1370. The van der Waals surface area contributed by atoms with E-state index in [1.54, 1.807) is 30.5 Å². The number of benzene rings is 1. The molecule has 31 heavy (non-hydrogen) atoms. The van der Waals surface area contributed by atoms with Crippen LogP contribution in [0.25, 0.3) is 11.7 Å². The number of hydrogen-bond acceptors (Lipinski definition) is 6. The van der Waals surface area contributed by atoms with E-state index in [4.69, 9.17) is 11.6 Å². The Morgan fingerprint density at radius 1 is 1.10 bits per heavy atom. The molecule has 9 heteroatoms. The molecule has 0 aliphatic carbocycles. The first-order valence-electron chi connectivity index (χ1n) is 9.80.